The van der Waals surface area contributed by atoms with Gasteiger partial charge in [-0.3, -0.25) is 4.90 Å². The smallest absolute Gasteiger partial charge is 0.163 e. The molecule has 3 rings (SSSR count). The van der Waals surface area contributed by atoms with Gasteiger partial charge in [-0.05, 0) is 23.8 Å². The highest BCUT2D eigenvalue weighted by Crippen LogP contribution is 2.24. The summed E-state index contributed by atoms with van der Waals surface area (Å²) in [5, 5.41) is 0. The lowest BCUT2D eigenvalue weighted by atomic mass is 10.1. The lowest BCUT2D eigenvalue weighted by molar-refractivity contribution is -0.0332. The highest BCUT2D eigenvalue weighted by molar-refractivity contribution is 5.21. The Bertz CT molecular complexity index is 645. The number of halogens is 3. The summed E-state index contributed by atoms with van der Waals surface area (Å²) in [6, 6.07) is 10.4. The topological polar surface area (TPSA) is 12.5 Å². The van der Waals surface area contributed by atoms with Crippen LogP contribution in [0.25, 0.3) is 0 Å². The van der Waals surface area contributed by atoms with Crippen molar-refractivity contribution in [2.45, 2.75) is 12.6 Å². The van der Waals surface area contributed by atoms with Gasteiger partial charge in [0.15, 0.2) is 11.6 Å². The van der Waals surface area contributed by atoms with Gasteiger partial charge in [0.2, 0.25) is 0 Å². The van der Waals surface area contributed by atoms with Crippen LogP contribution in [0.5, 0.6) is 0 Å². The summed E-state index contributed by atoms with van der Waals surface area (Å²) >= 11 is 0. The van der Waals surface area contributed by atoms with Crippen LogP contribution in [0.1, 0.15) is 17.2 Å². The molecule has 1 unspecified atom stereocenters. The molecule has 2 nitrogen and oxygen atoms in total. The molecule has 1 heterocycles. The van der Waals surface area contributed by atoms with Crippen molar-refractivity contribution in [3.63, 3.8) is 0 Å². The van der Waals surface area contributed by atoms with Gasteiger partial charge in [-0.1, -0.05) is 24.3 Å². The van der Waals surface area contributed by atoms with Gasteiger partial charge >= 0.3 is 0 Å². The van der Waals surface area contributed by atoms with Crippen LogP contribution in [0.15, 0.2) is 42.5 Å². The van der Waals surface area contributed by atoms with Crippen molar-refractivity contribution in [1.29, 1.82) is 0 Å². The van der Waals surface area contributed by atoms with Crippen molar-refractivity contribution >= 4 is 0 Å². The number of rotatable bonds is 3. The van der Waals surface area contributed by atoms with E-state index in [2.05, 4.69) is 0 Å². The number of morpholine rings is 1. The molecule has 0 saturated carbocycles. The molecule has 1 aliphatic rings. The second-order valence-corrected chi connectivity index (χ2v) is 5.36. The van der Waals surface area contributed by atoms with E-state index in [1.165, 1.54) is 18.2 Å². The zero-order valence-electron chi connectivity index (χ0n) is 11.9. The summed E-state index contributed by atoms with van der Waals surface area (Å²) < 4.78 is 45.7. The molecule has 0 bridgehead atoms. The SMILES string of the molecule is Fc1ccc(C2CN(Cc3cccc(F)c3F)CCO2)cc1. The van der Waals surface area contributed by atoms with Crippen LogP contribution >= 0.6 is 0 Å². The van der Waals surface area contributed by atoms with E-state index in [4.69, 9.17) is 4.74 Å². The maximum Gasteiger partial charge on any atom is 0.163 e. The lowest BCUT2D eigenvalue weighted by Crippen LogP contribution is -2.38. The second kappa shape index (κ2) is 6.50. The molecule has 2 aromatic rings. The van der Waals surface area contributed by atoms with E-state index < -0.39 is 11.6 Å². The minimum atomic E-state index is -0.833. The molecule has 116 valence electrons. The number of nitrogens with zero attached hydrogens (tertiary/aromatic N) is 1. The maximum absolute atomic E-state index is 13.7. The van der Waals surface area contributed by atoms with Crippen molar-refractivity contribution in [3.8, 4) is 0 Å². The Kier molecular flexibility index (Phi) is 4.45. The zero-order valence-corrected chi connectivity index (χ0v) is 11.9. The Hall–Kier alpha value is -1.85. The third-order valence-electron chi connectivity index (χ3n) is 3.82. The molecule has 1 fully saturated rings. The van der Waals surface area contributed by atoms with Gasteiger partial charge in [0.05, 0.1) is 12.7 Å². The number of hydrogen-bond acceptors (Lipinski definition) is 2. The molecule has 0 amide bonds. The van der Waals surface area contributed by atoms with Crippen molar-refractivity contribution < 1.29 is 17.9 Å². The number of benzene rings is 2. The molecular formula is C17H16F3NO. The van der Waals surface area contributed by atoms with Crippen molar-refractivity contribution in [3.05, 3.63) is 71.0 Å². The minimum Gasteiger partial charge on any atom is -0.371 e. The van der Waals surface area contributed by atoms with Gasteiger partial charge in [0, 0.05) is 25.2 Å². The first-order valence-corrected chi connectivity index (χ1v) is 7.16. The highest BCUT2D eigenvalue weighted by Gasteiger charge is 2.23. The number of hydrogen-bond donors (Lipinski definition) is 0. The van der Waals surface area contributed by atoms with E-state index in [-0.39, 0.29) is 11.9 Å². The van der Waals surface area contributed by atoms with Crippen LogP contribution in [-0.4, -0.2) is 24.6 Å². The van der Waals surface area contributed by atoms with Crippen LogP contribution in [0.3, 0.4) is 0 Å². The first kappa shape index (κ1) is 15.1. The minimum absolute atomic E-state index is 0.189. The summed E-state index contributed by atoms with van der Waals surface area (Å²) in [4.78, 5) is 2.01. The molecule has 5 heteroatoms. The quantitative estimate of drug-likeness (QED) is 0.858. The van der Waals surface area contributed by atoms with Crippen molar-refractivity contribution in [2.75, 3.05) is 19.7 Å². The first-order chi connectivity index (χ1) is 10.6. The van der Waals surface area contributed by atoms with E-state index in [1.54, 1.807) is 18.2 Å². The van der Waals surface area contributed by atoms with Crippen molar-refractivity contribution in [1.82, 2.24) is 4.90 Å². The lowest BCUT2D eigenvalue weighted by Gasteiger charge is -2.33. The predicted octanol–water partition coefficient (Wildman–Crippen LogP) is 3.68. The Labute approximate surface area is 127 Å². The molecule has 0 N–H and O–H groups in total. The Balaban J connectivity index is 1.70. The Morgan fingerprint density at radius 3 is 2.59 bits per heavy atom. The Morgan fingerprint density at radius 1 is 1.05 bits per heavy atom. The molecule has 2 aromatic carbocycles. The third-order valence-corrected chi connectivity index (χ3v) is 3.82. The van der Waals surface area contributed by atoms with Gasteiger partial charge in [-0.25, -0.2) is 13.2 Å². The molecule has 0 radical (unpaired) electrons. The summed E-state index contributed by atoms with van der Waals surface area (Å²) in [5.74, 6) is -1.92. The average Bonchev–Trinajstić information content (AvgIpc) is 2.53. The molecule has 0 spiro atoms. The van der Waals surface area contributed by atoms with Crippen LogP contribution in [0, 0.1) is 17.5 Å². The van der Waals surface area contributed by atoms with Crippen LogP contribution in [-0.2, 0) is 11.3 Å². The monoisotopic (exact) mass is 307 g/mol. The van der Waals surface area contributed by atoms with E-state index in [1.807, 2.05) is 4.90 Å². The molecular weight excluding hydrogens is 291 g/mol. The van der Waals surface area contributed by atoms with E-state index >= 15 is 0 Å². The van der Waals surface area contributed by atoms with E-state index in [9.17, 15) is 13.2 Å². The number of ether oxygens (including phenoxy) is 1. The fraction of sp³-hybridized carbons (Fsp3) is 0.294. The standard InChI is InChI=1S/C17H16F3NO/c18-14-6-4-12(5-7-14)16-11-21(8-9-22-16)10-13-2-1-3-15(19)17(13)20/h1-7,16H,8-11H2. The fourth-order valence-corrected chi connectivity index (χ4v) is 2.64. The van der Waals surface area contributed by atoms with Gasteiger partial charge in [-0.2, -0.15) is 0 Å². The van der Waals surface area contributed by atoms with E-state index in [0.29, 0.717) is 31.8 Å². The molecule has 0 aliphatic carbocycles. The largest absolute Gasteiger partial charge is 0.371 e. The van der Waals surface area contributed by atoms with E-state index in [0.717, 1.165) is 11.6 Å². The van der Waals surface area contributed by atoms with Gasteiger partial charge in [-0.15, -0.1) is 0 Å². The molecule has 1 aliphatic heterocycles. The highest BCUT2D eigenvalue weighted by atomic mass is 19.2. The third kappa shape index (κ3) is 3.31. The first-order valence-electron chi connectivity index (χ1n) is 7.16. The van der Waals surface area contributed by atoms with Gasteiger partial charge in [0.25, 0.3) is 0 Å². The van der Waals surface area contributed by atoms with Crippen molar-refractivity contribution in [2.24, 2.45) is 0 Å². The van der Waals surface area contributed by atoms with Gasteiger partial charge < -0.3 is 4.74 Å². The average molecular weight is 307 g/mol. The molecule has 22 heavy (non-hydrogen) atoms. The second-order valence-electron chi connectivity index (χ2n) is 5.36. The Morgan fingerprint density at radius 2 is 1.82 bits per heavy atom. The predicted molar refractivity (Wildman–Crippen MR) is 76.7 cm³/mol. The van der Waals surface area contributed by atoms with Crippen LogP contribution in [0.4, 0.5) is 13.2 Å². The summed E-state index contributed by atoms with van der Waals surface area (Å²) in [5.41, 5.74) is 1.21. The summed E-state index contributed by atoms with van der Waals surface area (Å²) in [7, 11) is 0. The van der Waals surface area contributed by atoms with Gasteiger partial charge in [0.1, 0.15) is 5.82 Å². The molecule has 1 atom stereocenters. The van der Waals surface area contributed by atoms with Crippen LogP contribution in [0.2, 0.25) is 0 Å². The fourth-order valence-electron chi connectivity index (χ4n) is 2.64. The maximum atomic E-state index is 13.7. The summed E-state index contributed by atoms with van der Waals surface area (Å²) in [6.07, 6.45) is -0.189. The zero-order chi connectivity index (χ0) is 15.5. The van der Waals surface area contributed by atoms with Crippen LogP contribution < -0.4 is 0 Å². The normalized spacial score (nSPS) is 19.3. The molecule has 0 aromatic heterocycles. The summed E-state index contributed by atoms with van der Waals surface area (Å²) in [6.45, 7) is 2.03. The molecule has 1 saturated heterocycles.